The highest BCUT2D eigenvalue weighted by Crippen LogP contribution is 2.14. The van der Waals surface area contributed by atoms with Crippen LogP contribution in [0.25, 0.3) is 0 Å². The van der Waals surface area contributed by atoms with Gasteiger partial charge in [0.05, 0.1) is 26.1 Å². The van der Waals surface area contributed by atoms with Crippen molar-refractivity contribution in [3.8, 4) is 5.88 Å². The molecule has 15 heavy (non-hydrogen) atoms. The highest BCUT2D eigenvalue weighted by molar-refractivity contribution is 5.33. The zero-order chi connectivity index (χ0) is 10.5. The van der Waals surface area contributed by atoms with E-state index in [4.69, 9.17) is 9.47 Å². The maximum absolute atomic E-state index is 5.29. The molecule has 1 N–H and O–H groups in total. The van der Waals surface area contributed by atoms with Gasteiger partial charge in [-0.25, -0.2) is 0 Å². The molecule has 82 valence electrons. The quantitative estimate of drug-likeness (QED) is 0.799. The third kappa shape index (κ3) is 2.79. The minimum atomic E-state index is 0.530. The van der Waals surface area contributed by atoms with E-state index in [9.17, 15) is 0 Å². The summed E-state index contributed by atoms with van der Waals surface area (Å²) in [6.45, 7) is 2.59. The summed E-state index contributed by atoms with van der Waals surface area (Å²) in [5.41, 5.74) is 0. The monoisotopic (exact) mass is 209 g/mol. The molecule has 1 aromatic heterocycles. The van der Waals surface area contributed by atoms with Crippen LogP contribution in [0.1, 0.15) is 6.42 Å². The first-order valence-corrected chi connectivity index (χ1v) is 5.06. The molecule has 0 spiro atoms. The van der Waals surface area contributed by atoms with Gasteiger partial charge in [0.1, 0.15) is 5.82 Å². The molecule has 5 nitrogen and oxygen atoms in total. The second-order valence-electron chi connectivity index (χ2n) is 3.56. The van der Waals surface area contributed by atoms with Crippen LogP contribution in [0, 0.1) is 5.92 Å². The van der Waals surface area contributed by atoms with Crippen LogP contribution in [0.3, 0.4) is 0 Å². The van der Waals surface area contributed by atoms with Crippen molar-refractivity contribution in [3.05, 3.63) is 12.4 Å². The van der Waals surface area contributed by atoms with Gasteiger partial charge in [-0.05, 0) is 6.42 Å². The van der Waals surface area contributed by atoms with Gasteiger partial charge in [-0.1, -0.05) is 0 Å². The largest absolute Gasteiger partial charge is 0.480 e. The molecule has 1 saturated heterocycles. The van der Waals surface area contributed by atoms with Crippen LogP contribution in [-0.2, 0) is 4.74 Å². The van der Waals surface area contributed by atoms with E-state index in [0.717, 1.165) is 32.0 Å². The van der Waals surface area contributed by atoms with Gasteiger partial charge in [-0.2, -0.15) is 4.98 Å². The Hall–Kier alpha value is -1.36. The predicted molar refractivity (Wildman–Crippen MR) is 56.0 cm³/mol. The normalized spacial score (nSPS) is 20.2. The van der Waals surface area contributed by atoms with Crippen molar-refractivity contribution < 1.29 is 9.47 Å². The molecule has 1 aromatic rings. The van der Waals surface area contributed by atoms with Crippen LogP contribution in [0.15, 0.2) is 12.4 Å². The number of methoxy groups -OCH3 is 1. The van der Waals surface area contributed by atoms with Crippen LogP contribution in [0.2, 0.25) is 0 Å². The molecular weight excluding hydrogens is 194 g/mol. The van der Waals surface area contributed by atoms with Crippen LogP contribution in [0.5, 0.6) is 5.88 Å². The van der Waals surface area contributed by atoms with Gasteiger partial charge in [0.15, 0.2) is 0 Å². The summed E-state index contributed by atoms with van der Waals surface area (Å²) >= 11 is 0. The van der Waals surface area contributed by atoms with E-state index in [-0.39, 0.29) is 0 Å². The SMILES string of the molecule is COc1cncc(NCC2CCOC2)n1. The zero-order valence-electron chi connectivity index (χ0n) is 8.77. The summed E-state index contributed by atoms with van der Waals surface area (Å²) in [5, 5.41) is 3.23. The lowest BCUT2D eigenvalue weighted by Crippen LogP contribution is -2.15. The molecule has 1 aliphatic rings. The van der Waals surface area contributed by atoms with Gasteiger partial charge in [0, 0.05) is 19.1 Å². The highest BCUT2D eigenvalue weighted by atomic mass is 16.5. The van der Waals surface area contributed by atoms with E-state index in [2.05, 4.69) is 15.3 Å². The van der Waals surface area contributed by atoms with Crippen molar-refractivity contribution in [3.63, 3.8) is 0 Å². The first-order valence-electron chi connectivity index (χ1n) is 5.06. The minimum Gasteiger partial charge on any atom is -0.480 e. The number of hydrogen-bond donors (Lipinski definition) is 1. The fourth-order valence-corrected chi connectivity index (χ4v) is 1.52. The number of nitrogens with zero attached hydrogens (tertiary/aromatic N) is 2. The molecule has 5 heteroatoms. The topological polar surface area (TPSA) is 56.3 Å². The van der Waals surface area contributed by atoms with Crippen molar-refractivity contribution in [2.45, 2.75) is 6.42 Å². The molecule has 1 fully saturated rings. The maximum Gasteiger partial charge on any atom is 0.233 e. The Morgan fingerprint density at radius 2 is 2.53 bits per heavy atom. The standard InChI is InChI=1S/C10H15N3O2/c1-14-10-6-11-5-9(13-10)12-4-8-2-3-15-7-8/h5-6,8H,2-4,7H2,1H3,(H,12,13). The number of nitrogens with one attached hydrogen (secondary N) is 1. The molecule has 0 bridgehead atoms. The Morgan fingerprint density at radius 3 is 3.27 bits per heavy atom. The van der Waals surface area contributed by atoms with E-state index in [1.165, 1.54) is 0 Å². The smallest absolute Gasteiger partial charge is 0.233 e. The second-order valence-corrected chi connectivity index (χ2v) is 3.56. The average Bonchev–Trinajstić information content (AvgIpc) is 2.79. The third-order valence-electron chi connectivity index (χ3n) is 2.42. The van der Waals surface area contributed by atoms with Gasteiger partial charge < -0.3 is 14.8 Å². The fraction of sp³-hybridized carbons (Fsp3) is 0.600. The van der Waals surface area contributed by atoms with Gasteiger partial charge in [0.2, 0.25) is 5.88 Å². The van der Waals surface area contributed by atoms with Crippen LogP contribution in [-0.4, -0.2) is 36.8 Å². The van der Waals surface area contributed by atoms with E-state index in [0.29, 0.717) is 11.8 Å². The molecule has 2 heterocycles. The lowest BCUT2D eigenvalue weighted by molar-refractivity contribution is 0.187. The Labute approximate surface area is 88.8 Å². The lowest BCUT2D eigenvalue weighted by Gasteiger charge is -2.09. The van der Waals surface area contributed by atoms with Gasteiger partial charge >= 0.3 is 0 Å². The maximum atomic E-state index is 5.29. The molecule has 0 aliphatic carbocycles. The van der Waals surface area contributed by atoms with Gasteiger partial charge in [-0.15, -0.1) is 0 Å². The molecule has 1 unspecified atom stereocenters. The van der Waals surface area contributed by atoms with Crippen molar-refractivity contribution in [1.82, 2.24) is 9.97 Å². The summed E-state index contributed by atoms with van der Waals surface area (Å²) < 4.78 is 10.3. The van der Waals surface area contributed by atoms with E-state index in [1.54, 1.807) is 19.5 Å². The summed E-state index contributed by atoms with van der Waals surface area (Å²) in [6.07, 6.45) is 4.40. The molecule has 1 aliphatic heterocycles. The number of hydrogen-bond acceptors (Lipinski definition) is 5. The Balaban J connectivity index is 1.86. The number of aromatic nitrogens is 2. The summed E-state index contributed by atoms with van der Waals surface area (Å²) in [5.74, 6) is 1.86. The summed E-state index contributed by atoms with van der Waals surface area (Å²) in [7, 11) is 1.58. The number of anilines is 1. The van der Waals surface area contributed by atoms with Gasteiger partial charge in [0.25, 0.3) is 0 Å². The van der Waals surface area contributed by atoms with E-state index < -0.39 is 0 Å². The van der Waals surface area contributed by atoms with Crippen molar-refractivity contribution >= 4 is 5.82 Å². The van der Waals surface area contributed by atoms with Crippen molar-refractivity contribution in [2.75, 3.05) is 32.2 Å². The molecule has 0 amide bonds. The van der Waals surface area contributed by atoms with Crippen LogP contribution in [0.4, 0.5) is 5.82 Å². The summed E-state index contributed by atoms with van der Waals surface area (Å²) in [4.78, 5) is 8.23. The number of ether oxygens (including phenoxy) is 2. The molecule has 0 aromatic carbocycles. The molecule has 1 atom stereocenters. The van der Waals surface area contributed by atoms with Crippen LogP contribution >= 0.6 is 0 Å². The molecular formula is C10H15N3O2. The predicted octanol–water partition coefficient (Wildman–Crippen LogP) is 0.934. The molecule has 2 rings (SSSR count). The van der Waals surface area contributed by atoms with Crippen molar-refractivity contribution in [1.29, 1.82) is 0 Å². The Morgan fingerprint density at radius 1 is 1.60 bits per heavy atom. The molecule has 0 saturated carbocycles. The minimum absolute atomic E-state index is 0.530. The van der Waals surface area contributed by atoms with Crippen molar-refractivity contribution in [2.24, 2.45) is 5.92 Å². The van der Waals surface area contributed by atoms with Crippen LogP contribution < -0.4 is 10.1 Å². The van der Waals surface area contributed by atoms with E-state index >= 15 is 0 Å². The fourth-order valence-electron chi connectivity index (χ4n) is 1.52. The zero-order valence-corrected chi connectivity index (χ0v) is 8.77. The Bertz CT molecular complexity index is 313. The first kappa shape index (κ1) is 10.2. The average molecular weight is 209 g/mol. The molecule has 0 radical (unpaired) electrons. The summed E-state index contributed by atoms with van der Waals surface area (Å²) in [6, 6.07) is 0. The Kier molecular flexibility index (Phi) is 3.34. The second kappa shape index (κ2) is 4.93. The third-order valence-corrected chi connectivity index (χ3v) is 2.42. The number of rotatable bonds is 4. The highest BCUT2D eigenvalue weighted by Gasteiger charge is 2.15. The van der Waals surface area contributed by atoms with Gasteiger partial charge in [-0.3, -0.25) is 4.98 Å². The lowest BCUT2D eigenvalue weighted by atomic mass is 10.1. The van der Waals surface area contributed by atoms with E-state index in [1.807, 2.05) is 0 Å². The first-order chi connectivity index (χ1) is 7.38.